The van der Waals surface area contributed by atoms with Crippen molar-refractivity contribution in [1.82, 2.24) is 0 Å². The largest absolute Gasteiger partial charge is 0.323 e. The van der Waals surface area contributed by atoms with Crippen LogP contribution in [0.2, 0.25) is 0 Å². The van der Waals surface area contributed by atoms with Gasteiger partial charge in [0, 0.05) is 11.8 Å². The van der Waals surface area contributed by atoms with Crippen molar-refractivity contribution in [3.63, 3.8) is 0 Å². The van der Waals surface area contributed by atoms with Gasteiger partial charge in [-0.2, -0.15) is 0 Å². The Morgan fingerprint density at radius 1 is 1.00 bits per heavy atom. The van der Waals surface area contributed by atoms with E-state index in [2.05, 4.69) is 17.5 Å². The maximum absolute atomic E-state index is 13.0. The predicted molar refractivity (Wildman–Crippen MR) is 115 cm³/mol. The number of rotatable bonds is 4. The van der Waals surface area contributed by atoms with E-state index < -0.39 is 0 Å². The standard InChI is InChI=1S/C25H22N2O3/c1-15-5-10-19(11-6-15)26-21(28)12-7-16-3-2-4-20(13-16)27-24(29)22-17-8-9-18(14-17)23(22)25(27)30/h2-13,17-18,22-23H,14H2,1H3,(H,26,28)/b12-7+/t17-,18-,22+,23+/m0/s1. The highest BCUT2D eigenvalue weighted by Gasteiger charge is 2.59. The minimum atomic E-state index is -0.241. The molecule has 0 aromatic heterocycles. The van der Waals surface area contributed by atoms with E-state index in [9.17, 15) is 14.4 Å². The summed E-state index contributed by atoms with van der Waals surface area (Å²) in [6, 6.07) is 14.8. The van der Waals surface area contributed by atoms with E-state index in [1.807, 2.05) is 37.3 Å². The molecule has 5 rings (SSSR count). The SMILES string of the molecule is Cc1ccc(NC(=O)/C=C/c2cccc(N3C(=O)[C@H]4[C@H](C3=O)[C@H]3C=C[C@H]4C3)c2)cc1. The average Bonchev–Trinajstić information content (AvgIpc) is 3.42. The first-order valence-electron chi connectivity index (χ1n) is 10.2. The van der Waals surface area contributed by atoms with Crippen molar-refractivity contribution in [2.45, 2.75) is 13.3 Å². The number of hydrogen-bond donors (Lipinski definition) is 1. The lowest BCUT2D eigenvalue weighted by atomic mass is 9.85. The van der Waals surface area contributed by atoms with E-state index in [4.69, 9.17) is 0 Å². The molecule has 30 heavy (non-hydrogen) atoms. The molecule has 0 radical (unpaired) electrons. The highest BCUT2D eigenvalue weighted by molar-refractivity contribution is 6.22. The van der Waals surface area contributed by atoms with Gasteiger partial charge in [0.2, 0.25) is 17.7 Å². The molecule has 1 heterocycles. The van der Waals surface area contributed by atoms with Gasteiger partial charge in [-0.1, -0.05) is 42.0 Å². The van der Waals surface area contributed by atoms with Gasteiger partial charge in [-0.3, -0.25) is 14.4 Å². The van der Waals surface area contributed by atoms with Gasteiger partial charge in [-0.05, 0) is 61.1 Å². The number of nitrogens with zero attached hydrogens (tertiary/aromatic N) is 1. The van der Waals surface area contributed by atoms with Crippen molar-refractivity contribution in [2.24, 2.45) is 23.7 Å². The van der Waals surface area contributed by atoms with Gasteiger partial charge in [0.1, 0.15) is 0 Å². The third kappa shape index (κ3) is 3.07. The molecular weight excluding hydrogens is 376 g/mol. The second-order valence-corrected chi connectivity index (χ2v) is 8.30. The molecule has 4 atom stereocenters. The van der Waals surface area contributed by atoms with Crippen LogP contribution < -0.4 is 10.2 Å². The van der Waals surface area contributed by atoms with Crippen molar-refractivity contribution in [2.75, 3.05) is 10.2 Å². The van der Waals surface area contributed by atoms with Gasteiger partial charge in [-0.15, -0.1) is 0 Å². The van der Waals surface area contributed by atoms with E-state index in [1.54, 1.807) is 24.3 Å². The molecule has 2 aromatic carbocycles. The summed E-state index contributed by atoms with van der Waals surface area (Å²) in [6.45, 7) is 1.99. The Kier molecular flexibility index (Phi) is 4.39. The van der Waals surface area contributed by atoms with Crippen LogP contribution in [0.1, 0.15) is 17.5 Å². The zero-order valence-corrected chi connectivity index (χ0v) is 16.6. The lowest BCUT2D eigenvalue weighted by Gasteiger charge is -2.17. The Balaban J connectivity index is 1.32. The lowest BCUT2D eigenvalue weighted by molar-refractivity contribution is -0.123. The molecule has 5 heteroatoms. The number of imide groups is 1. The fourth-order valence-electron chi connectivity index (χ4n) is 4.92. The summed E-state index contributed by atoms with van der Waals surface area (Å²) in [6.07, 6.45) is 8.23. The number of nitrogens with one attached hydrogen (secondary N) is 1. The van der Waals surface area contributed by atoms with E-state index in [0.29, 0.717) is 5.69 Å². The molecule has 2 aromatic rings. The maximum atomic E-state index is 13.0. The van der Waals surface area contributed by atoms with E-state index in [1.165, 1.54) is 11.0 Å². The smallest absolute Gasteiger partial charge is 0.248 e. The number of carbonyl (C=O) groups excluding carboxylic acids is 3. The van der Waals surface area contributed by atoms with Crippen molar-refractivity contribution in [3.8, 4) is 0 Å². The molecule has 1 N–H and O–H groups in total. The topological polar surface area (TPSA) is 66.5 Å². The van der Waals surface area contributed by atoms with E-state index in [-0.39, 0.29) is 41.4 Å². The molecule has 3 amide bonds. The molecule has 0 spiro atoms. The number of carbonyl (C=O) groups is 3. The summed E-state index contributed by atoms with van der Waals surface area (Å²) >= 11 is 0. The molecule has 150 valence electrons. The Morgan fingerprint density at radius 2 is 1.67 bits per heavy atom. The highest BCUT2D eigenvalue weighted by atomic mass is 16.2. The molecule has 5 nitrogen and oxygen atoms in total. The molecule has 2 bridgehead atoms. The summed E-state index contributed by atoms with van der Waals surface area (Å²) < 4.78 is 0. The number of hydrogen-bond acceptors (Lipinski definition) is 3. The van der Waals surface area contributed by atoms with Gasteiger partial charge in [0.05, 0.1) is 17.5 Å². The zero-order valence-electron chi connectivity index (χ0n) is 16.6. The summed E-state index contributed by atoms with van der Waals surface area (Å²) in [7, 11) is 0. The van der Waals surface area contributed by atoms with Crippen LogP contribution in [0.4, 0.5) is 11.4 Å². The van der Waals surface area contributed by atoms with Crippen molar-refractivity contribution < 1.29 is 14.4 Å². The summed E-state index contributed by atoms with van der Waals surface area (Å²) in [5.74, 6) is -0.487. The quantitative estimate of drug-likeness (QED) is 0.482. The number of aryl methyl sites for hydroxylation is 1. The lowest BCUT2D eigenvalue weighted by Crippen LogP contribution is -2.32. The number of allylic oxidation sites excluding steroid dienone is 2. The second-order valence-electron chi connectivity index (χ2n) is 8.30. The molecule has 3 aliphatic rings. The number of benzene rings is 2. The number of anilines is 2. The Labute approximate surface area is 175 Å². The number of fused-ring (bicyclic) bond motifs is 5. The minimum Gasteiger partial charge on any atom is -0.323 e. The van der Waals surface area contributed by atoms with E-state index >= 15 is 0 Å². The molecule has 1 saturated carbocycles. The minimum absolute atomic E-state index is 0.0971. The molecule has 1 aliphatic heterocycles. The molecular formula is C25H22N2O3. The van der Waals surface area contributed by atoms with Gasteiger partial charge in [-0.25, -0.2) is 4.90 Å². The first-order valence-corrected chi connectivity index (χ1v) is 10.2. The van der Waals surface area contributed by atoms with E-state index in [0.717, 1.165) is 23.2 Å². The maximum Gasteiger partial charge on any atom is 0.248 e. The average molecular weight is 398 g/mol. The van der Waals surface area contributed by atoms with Gasteiger partial charge < -0.3 is 5.32 Å². The Morgan fingerprint density at radius 3 is 2.33 bits per heavy atom. The van der Waals surface area contributed by atoms with Crippen LogP contribution in [0.3, 0.4) is 0 Å². The summed E-state index contributed by atoms with van der Waals surface area (Å²) in [5.41, 5.74) is 3.18. The summed E-state index contributed by atoms with van der Waals surface area (Å²) in [4.78, 5) is 39.5. The highest BCUT2D eigenvalue weighted by Crippen LogP contribution is 2.53. The summed E-state index contributed by atoms with van der Waals surface area (Å²) in [5, 5.41) is 2.82. The van der Waals surface area contributed by atoms with Crippen LogP contribution >= 0.6 is 0 Å². The fourth-order valence-corrected chi connectivity index (χ4v) is 4.92. The number of amides is 3. The van der Waals surface area contributed by atoms with Crippen LogP contribution in [0.5, 0.6) is 0 Å². The second kappa shape index (κ2) is 7.10. The monoisotopic (exact) mass is 398 g/mol. The van der Waals surface area contributed by atoms with Crippen LogP contribution in [-0.4, -0.2) is 17.7 Å². The van der Waals surface area contributed by atoms with Crippen LogP contribution in [0, 0.1) is 30.6 Å². The van der Waals surface area contributed by atoms with Crippen molar-refractivity contribution in [3.05, 3.63) is 77.9 Å². The zero-order chi connectivity index (χ0) is 20.8. The van der Waals surface area contributed by atoms with Crippen LogP contribution in [0.15, 0.2) is 66.8 Å². The van der Waals surface area contributed by atoms with Crippen molar-refractivity contribution in [1.29, 1.82) is 0 Å². The predicted octanol–water partition coefficient (Wildman–Crippen LogP) is 3.96. The molecule has 2 fully saturated rings. The van der Waals surface area contributed by atoms with Gasteiger partial charge in [0.15, 0.2) is 0 Å². The first-order chi connectivity index (χ1) is 14.5. The van der Waals surface area contributed by atoms with Crippen LogP contribution in [0.25, 0.3) is 6.08 Å². The third-order valence-corrected chi connectivity index (χ3v) is 6.35. The Bertz CT molecular complexity index is 1070. The van der Waals surface area contributed by atoms with Gasteiger partial charge >= 0.3 is 0 Å². The normalized spacial score (nSPS) is 26.6. The van der Waals surface area contributed by atoms with Crippen LogP contribution in [-0.2, 0) is 14.4 Å². The first kappa shape index (κ1) is 18.6. The van der Waals surface area contributed by atoms with Gasteiger partial charge in [0.25, 0.3) is 0 Å². The molecule has 2 aliphatic carbocycles. The third-order valence-electron chi connectivity index (χ3n) is 6.35. The Hall–Kier alpha value is -3.47. The van der Waals surface area contributed by atoms with Crippen molar-refractivity contribution >= 4 is 35.2 Å². The fraction of sp³-hybridized carbons (Fsp3) is 0.240. The molecule has 1 saturated heterocycles. The molecule has 0 unspecified atom stereocenters.